The van der Waals surface area contributed by atoms with E-state index < -0.39 is 0 Å². The number of amides is 1. The molecule has 3 rings (SSSR count). The fourth-order valence-electron chi connectivity index (χ4n) is 2.95. The molecule has 0 aliphatic carbocycles. The fourth-order valence-corrected chi connectivity index (χ4v) is 3.18. The van der Waals surface area contributed by atoms with Gasteiger partial charge in [-0.3, -0.25) is 14.3 Å². The summed E-state index contributed by atoms with van der Waals surface area (Å²) in [5.74, 6) is 0.0706. The van der Waals surface area contributed by atoms with Gasteiger partial charge in [-0.1, -0.05) is 43.6 Å². The number of ketones is 1. The van der Waals surface area contributed by atoms with Crippen LogP contribution in [0, 0.1) is 5.92 Å². The third-order valence-corrected chi connectivity index (χ3v) is 4.95. The number of nitrogens with zero attached hydrogens (tertiary/aromatic N) is 2. The van der Waals surface area contributed by atoms with E-state index in [-0.39, 0.29) is 24.0 Å². The molecule has 0 aliphatic rings. The maximum atomic E-state index is 12.8. The lowest BCUT2D eigenvalue weighted by atomic mass is 10.0. The molecule has 0 bridgehead atoms. The molecule has 146 valence electrons. The van der Waals surface area contributed by atoms with Crippen molar-refractivity contribution < 1.29 is 14.3 Å². The lowest BCUT2D eigenvalue weighted by molar-refractivity contribution is -0.121. The van der Waals surface area contributed by atoms with Gasteiger partial charge in [0.1, 0.15) is 11.5 Å². The van der Waals surface area contributed by atoms with Gasteiger partial charge in [-0.15, -0.1) is 0 Å². The Kier molecular flexibility index (Phi) is 5.70. The van der Waals surface area contributed by atoms with Crippen LogP contribution in [0.1, 0.15) is 29.9 Å². The highest BCUT2D eigenvalue weighted by molar-refractivity contribution is 6.32. The molecular weight excluding hydrogens is 378 g/mol. The lowest BCUT2D eigenvalue weighted by Gasteiger charge is -2.14. The number of nitrogens with one attached hydrogen (secondary N) is 1. The van der Waals surface area contributed by atoms with E-state index in [4.69, 9.17) is 16.3 Å². The monoisotopic (exact) mass is 399 g/mol. The van der Waals surface area contributed by atoms with Gasteiger partial charge in [0.15, 0.2) is 5.69 Å². The number of Topliss-reactive ketones (excluding diaryl/α,β-unsaturated/α-hetero) is 1. The molecule has 0 fully saturated rings. The maximum absolute atomic E-state index is 12.8. The molecule has 0 saturated heterocycles. The number of aryl methyl sites for hydroxylation is 1. The molecule has 28 heavy (non-hydrogen) atoms. The van der Waals surface area contributed by atoms with Crippen LogP contribution < -0.4 is 10.1 Å². The first-order chi connectivity index (χ1) is 13.3. The van der Waals surface area contributed by atoms with Crippen LogP contribution in [0.4, 0.5) is 5.69 Å². The molecule has 0 radical (unpaired) electrons. The summed E-state index contributed by atoms with van der Waals surface area (Å²) in [6, 6.07) is 10.8. The van der Waals surface area contributed by atoms with E-state index in [2.05, 4.69) is 10.4 Å². The van der Waals surface area contributed by atoms with Crippen molar-refractivity contribution in [2.75, 3.05) is 12.4 Å². The number of para-hydroxylation sites is 1. The van der Waals surface area contributed by atoms with Crippen molar-refractivity contribution in [3.63, 3.8) is 0 Å². The third kappa shape index (κ3) is 3.87. The minimum Gasteiger partial charge on any atom is -0.495 e. The van der Waals surface area contributed by atoms with E-state index in [0.717, 1.165) is 10.9 Å². The van der Waals surface area contributed by atoms with Crippen molar-refractivity contribution in [2.24, 2.45) is 13.0 Å². The smallest absolute Gasteiger partial charge is 0.276 e. The molecule has 0 unspecified atom stereocenters. The number of carbonyl (C=O) groups is 2. The molecule has 3 aromatic rings. The maximum Gasteiger partial charge on any atom is 0.276 e. The van der Waals surface area contributed by atoms with Crippen LogP contribution in [-0.2, 0) is 18.3 Å². The number of hydrogen-bond donors (Lipinski definition) is 1. The molecule has 7 heteroatoms. The molecule has 6 nitrogen and oxygen atoms in total. The first-order valence-corrected chi connectivity index (χ1v) is 9.31. The quantitative estimate of drug-likeness (QED) is 0.672. The summed E-state index contributed by atoms with van der Waals surface area (Å²) in [7, 11) is 3.29. The highest BCUT2D eigenvalue weighted by atomic mass is 35.5. The summed E-state index contributed by atoms with van der Waals surface area (Å²) in [6.45, 7) is 3.69. The summed E-state index contributed by atoms with van der Waals surface area (Å²) >= 11 is 6.36. The summed E-state index contributed by atoms with van der Waals surface area (Å²) in [5.41, 5.74) is 2.27. The largest absolute Gasteiger partial charge is 0.495 e. The molecule has 1 heterocycles. The van der Waals surface area contributed by atoms with E-state index in [1.165, 1.54) is 7.11 Å². The minimum absolute atomic E-state index is 0.0840. The van der Waals surface area contributed by atoms with Crippen molar-refractivity contribution in [2.45, 2.75) is 20.3 Å². The average molecular weight is 400 g/mol. The van der Waals surface area contributed by atoms with Gasteiger partial charge >= 0.3 is 0 Å². The number of fused-ring (bicyclic) bond motifs is 1. The number of anilines is 1. The van der Waals surface area contributed by atoms with E-state index in [1.54, 1.807) is 23.9 Å². The van der Waals surface area contributed by atoms with E-state index in [0.29, 0.717) is 27.7 Å². The normalized spacial score (nSPS) is 11.1. The van der Waals surface area contributed by atoms with Gasteiger partial charge < -0.3 is 10.1 Å². The fraction of sp³-hybridized carbons (Fsp3) is 0.286. The van der Waals surface area contributed by atoms with Crippen molar-refractivity contribution in [3.8, 4) is 5.75 Å². The van der Waals surface area contributed by atoms with Crippen LogP contribution in [0.15, 0.2) is 36.4 Å². The molecule has 0 spiro atoms. The molecule has 2 aromatic carbocycles. The summed E-state index contributed by atoms with van der Waals surface area (Å²) in [5, 5.41) is 8.30. The molecule has 0 atom stereocenters. The average Bonchev–Trinajstić information content (AvgIpc) is 3.01. The SMILES string of the molecule is COc1cc(CC(=O)C(C)C)c(Cl)cc1NC(=O)c1nn(C)c2ccccc12. The van der Waals surface area contributed by atoms with Crippen LogP contribution in [0.5, 0.6) is 5.75 Å². The van der Waals surface area contributed by atoms with E-state index in [1.807, 2.05) is 38.1 Å². The Morgan fingerprint density at radius 2 is 1.96 bits per heavy atom. The molecule has 1 N–H and O–H groups in total. The lowest BCUT2D eigenvalue weighted by Crippen LogP contribution is -2.15. The van der Waals surface area contributed by atoms with Gasteiger partial charge in [0, 0.05) is 29.8 Å². The number of rotatable bonds is 6. The molecule has 1 amide bonds. The van der Waals surface area contributed by atoms with E-state index >= 15 is 0 Å². The molecule has 0 aliphatic heterocycles. The topological polar surface area (TPSA) is 73.2 Å². The number of carbonyl (C=O) groups excluding carboxylic acids is 2. The number of benzene rings is 2. The Morgan fingerprint density at radius 1 is 1.25 bits per heavy atom. The molecule has 0 saturated carbocycles. The van der Waals surface area contributed by atoms with E-state index in [9.17, 15) is 9.59 Å². The predicted octanol–water partition coefficient (Wildman–Crippen LogP) is 4.26. The molecular formula is C21H22ClN3O3. The third-order valence-electron chi connectivity index (χ3n) is 4.60. The second kappa shape index (κ2) is 8.02. The number of ether oxygens (including phenoxy) is 1. The highest BCUT2D eigenvalue weighted by Gasteiger charge is 2.19. The van der Waals surface area contributed by atoms with Crippen molar-refractivity contribution >= 4 is 39.9 Å². The van der Waals surface area contributed by atoms with Gasteiger partial charge in [0.05, 0.1) is 18.3 Å². The Labute approximate surface area is 168 Å². The van der Waals surface area contributed by atoms with Crippen molar-refractivity contribution in [1.29, 1.82) is 0 Å². The van der Waals surface area contributed by atoms with Crippen LogP contribution in [-0.4, -0.2) is 28.6 Å². The Balaban J connectivity index is 1.92. The second-order valence-electron chi connectivity index (χ2n) is 6.89. The summed E-state index contributed by atoms with van der Waals surface area (Å²) in [6.07, 6.45) is 0.214. The summed E-state index contributed by atoms with van der Waals surface area (Å²) in [4.78, 5) is 24.9. The van der Waals surface area contributed by atoms with Gasteiger partial charge in [-0.05, 0) is 23.8 Å². The zero-order valence-electron chi connectivity index (χ0n) is 16.2. The summed E-state index contributed by atoms with van der Waals surface area (Å²) < 4.78 is 7.06. The zero-order valence-corrected chi connectivity index (χ0v) is 17.0. The first-order valence-electron chi connectivity index (χ1n) is 8.94. The van der Waals surface area contributed by atoms with Gasteiger partial charge in [-0.25, -0.2) is 0 Å². The van der Waals surface area contributed by atoms with Crippen LogP contribution in [0.3, 0.4) is 0 Å². The number of methoxy groups -OCH3 is 1. The number of hydrogen-bond acceptors (Lipinski definition) is 4. The number of aromatic nitrogens is 2. The first kappa shape index (κ1) is 19.9. The number of halogens is 1. The standard InChI is InChI=1S/C21H22ClN3O3/c1-12(2)18(26)9-13-10-19(28-4)16(11-15(13)22)23-21(27)20-14-7-5-6-8-17(14)25(3)24-20/h5-8,10-12H,9H2,1-4H3,(H,23,27). The van der Waals surface area contributed by atoms with Crippen molar-refractivity contribution in [3.05, 3.63) is 52.7 Å². The van der Waals surface area contributed by atoms with Crippen molar-refractivity contribution in [1.82, 2.24) is 9.78 Å². The van der Waals surface area contributed by atoms with Crippen LogP contribution in [0.2, 0.25) is 5.02 Å². The Hall–Kier alpha value is -2.86. The minimum atomic E-state index is -0.364. The Morgan fingerprint density at radius 3 is 2.64 bits per heavy atom. The van der Waals surface area contributed by atoms with Crippen LogP contribution >= 0.6 is 11.6 Å². The zero-order chi connectivity index (χ0) is 20.4. The van der Waals surface area contributed by atoms with Gasteiger partial charge in [0.25, 0.3) is 5.91 Å². The molecule has 1 aromatic heterocycles. The highest BCUT2D eigenvalue weighted by Crippen LogP contribution is 2.33. The van der Waals surface area contributed by atoms with Gasteiger partial charge in [-0.2, -0.15) is 5.10 Å². The Bertz CT molecular complexity index is 1060. The predicted molar refractivity (Wildman–Crippen MR) is 110 cm³/mol. The van der Waals surface area contributed by atoms with Gasteiger partial charge in [0.2, 0.25) is 0 Å². The van der Waals surface area contributed by atoms with Crippen LogP contribution in [0.25, 0.3) is 10.9 Å². The second-order valence-corrected chi connectivity index (χ2v) is 7.29.